The molecule has 0 radical (unpaired) electrons. The summed E-state index contributed by atoms with van der Waals surface area (Å²) in [7, 11) is 1.26. The van der Waals surface area contributed by atoms with Gasteiger partial charge in [0.25, 0.3) is 5.91 Å². The van der Waals surface area contributed by atoms with Crippen LogP contribution in [0.1, 0.15) is 28.8 Å². The molecule has 0 unspecified atom stereocenters. The van der Waals surface area contributed by atoms with Crippen molar-refractivity contribution in [3.8, 4) is 11.3 Å². The number of fused-ring (bicyclic) bond motifs is 1. The van der Waals surface area contributed by atoms with E-state index < -0.39 is 12.0 Å². The summed E-state index contributed by atoms with van der Waals surface area (Å²) in [5.74, 6) is -0.415. The molecule has 1 fully saturated rings. The molecule has 194 valence electrons. The summed E-state index contributed by atoms with van der Waals surface area (Å²) in [5.41, 5.74) is 6.40. The third kappa shape index (κ3) is 5.51. The first-order valence-corrected chi connectivity index (χ1v) is 12.7. The SMILES string of the molecule is COC(=O)NN(C(=O)c1c(COC2CCNCC2)c(-c2ccccc2)nc2ccccc12)c1ccccc1. The molecule has 1 saturated heterocycles. The van der Waals surface area contributed by atoms with Gasteiger partial charge in [0.1, 0.15) is 0 Å². The number of rotatable bonds is 6. The van der Waals surface area contributed by atoms with Gasteiger partial charge in [0.05, 0.1) is 42.3 Å². The lowest BCUT2D eigenvalue weighted by atomic mass is 9.96. The van der Waals surface area contributed by atoms with Gasteiger partial charge in [-0.3, -0.25) is 4.79 Å². The zero-order valence-electron chi connectivity index (χ0n) is 21.2. The minimum absolute atomic E-state index is 0.0766. The van der Waals surface area contributed by atoms with E-state index in [1.54, 1.807) is 24.3 Å². The van der Waals surface area contributed by atoms with Crippen LogP contribution < -0.4 is 15.8 Å². The molecule has 8 heteroatoms. The average molecular weight is 511 g/mol. The van der Waals surface area contributed by atoms with Crippen molar-refractivity contribution in [3.63, 3.8) is 0 Å². The summed E-state index contributed by atoms with van der Waals surface area (Å²) in [6, 6.07) is 26.3. The van der Waals surface area contributed by atoms with Gasteiger partial charge < -0.3 is 14.8 Å². The van der Waals surface area contributed by atoms with Crippen LogP contribution in [-0.4, -0.2) is 43.3 Å². The van der Waals surface area contributed by atoms with Gasteiger partial charge >= 0.3 is 6.09 Å². The third-order valence-corrected chi connectivity index (χ3v) is 6.61. The smallest absolute Gasteiger partial charge is 0.426 e. The number of hydrazine groups is 1. The maximum atomic E-state index is 14.4. The van der Waals surface area contributed by atoms with Crippen LogP contribution in [0.2, 0.25) is 0 Å². The number of carbonyl (C=O) groups is 2. The minimum atomic E-state index is -0.753. The lowest BCUT2D eigenvalue weighted by molar-refractivity contribution is 0.0210. The van der Waals surface area contributed by atoms with Crippen molar-refractivity contribution < 1.29 is 19.1 Å². The molecule has 2 N–H and O–H groups in total. The number of pyridine rings is 1. The Labute approximate surface area is 221 Å². The summed E-state index contributed by atoms with van der Waals surface area (Å²) in [5, 5.41) is 5.25. The number of piperidine rings is 1. The highest BCUT2D eigenvalue weighted by Gasteiger charge is 2.28. The summed E-state index contributed by atoms with van der Waals surface area (Å²) in [6.45, 7) is 1.99. The van der Waals surface area contributed by atoms with Crippen molar-refractivity contribution in [2.24, 2.45) is 0 Å². The molecule has 2 amide bonds. The van der Waals surface area contributed by atoms with Crippen molar-refractivity contribution >= 4 is 28.6 Å². The molecule has 0 bridgehead atoms. The maximum Gasteiger partial charge on any atom is 0.426 e. The molecule has 3 aromatic carbocycles. The quantitative estimate of drug-likeness (QED) is 0.351. The Kier molecular flexibility index (Phi) is 7.92. The van der Waals surface area contributed by atoms with Crippen molar-refractivity contribution in [3.05, 3.63) is 96.1 Å². The normalized spacial score (nSPS) is 13.7. The van der Waals surface area contributed by atoms with Gasteiger partial charge in [0.15, 0.2) is 0 Å². The van der Waals surface area contributed by atoms with Crippen LogP contribution in [0.5, 0.6) is 0 Å². The number of hydrogen-bond donors (Lipinski definition) is 2. The number of nitrogens with zero attached hydrogens (tertiary/aromatic N) is 2. The molecular formula is C30H30N4O4. The molecule has 0 spiro atoms. The number of carbonyl (C=O) groups excluding carboxylic acids is 2. The lowest BCUT2D eigenvalue weighted by Crippen LogP contribution is -2.47. The standard InChI is InChI=1S/C30H30N4O4/c1-37-30(36)33-34(22-12-6-3-7-13-22)29(35)27-24-14-8-9-15-26(24)32-28(21-10-4-2-5-11-21)25(27)20-38-23-16-18-31-19-17-23/h2-15,23,31H,16-20H2,1H3,(H,33,36). The highest BCUT2D eigenvalue weighted by atomic mass is 16.5. The van der Waals surface area contributed by atoms with Gasteiger partial charge in [-0.1, -0.05) is 66.7 Å². The Balaban J connectivity index is 1.69. The van der Waals surface area contributed by atoms with E-state index in [4.69, 9.17) is 14.5 Å². The fourth-order valence-electron chi connectivity index (χ4n) is 4.69. The summed E-state index contributed by atoms with van der Waals surface area (Å²) in [6.07, 6.45) is 1.11. The zero-order valence-corrected chi connectivity index (χ0v) is 21.2. The van der Waals surface area contributed by atoms with Crippen LogP contribution in [0.25, 0.3) is 22.2 Å². The highest BCUT2D eigenvalue weighted by Crippen LogP contribution is 2.33. The topological polar surface area (TPSA) is 92.8 Å². The van der Waals surface area contributed by atoms with E-state index in [1.165, 1.54) is 12.1 Å². The molecule has 5 rings (SSSR count). The molecule has 1 aliphatic heterocycles. The van der Waals surface area contributed by atoms with Crippen LogP contribution in [0, 0.1) is 0 Å². The Morgan fingerprint density at radius 3 is 2.32 bits per heavy atom. The lowest BCUT2D eigenvalue weighted by Gasteiger charge is -2.27. The third-order valence-electron chi connectivity index (χ3n) is 6.61. The first-order valence-electron chi connectivity index (χ1n) is 12.7. The van der Waals surface area contributed by atoms with Crippen molar-refractivity contribution in [1.29, 1.82) is 0 Å². The molecule has 0 aliphatic carbocycles. The van der Waals surface area contributed by atoms with Gasteiger partial charge in [-0.15, -0.1) is 0 Å². The number of ether oxygens (including phenoxy) is 2. The molecule has 38 heavy (non-hydrogen) atoms. The van der Waals surface area contributed by atoms with Gasteiger partial charge in [-0.05, 0) is 44.1 Å². The second-order valence-corrected chi connectivity index (χ2v) is 9.04. The van der Waals surface area contributed by atoms with Crippen LogP contribution >= 0.6 is 0 Å². The number of nitrogens with one attached hydrogen (secondary N) is 2. The highest BCUT2D eigenvalue weighted by molar-refractivity contribution is 6.16. The van der Waals surface area contributed by atoms with E-state index in [0.717, 1.165) is 31.5 Å². The summed E-state index contributed by atoms with van der Waals surface area (Å²) >= 11 is 0. The number of benzene rings is 3. The largest absolute Gasteiger partial charge is 0.452 e. The van der Waals surface area contributed by atoms with Crippen molar-refractivity contribution in [1.82, 2.24) is 15.7 Å². The Hall–Kier alpha value is -4.27. The number of methoxy groups -OCH3 is 1. The number of para-hydroxylation sites is 2. The Morgan fingerprint density at radius 2 is 1.61 bits per heavy atom. The number of aromatic nitrogens is 1. The summed E-state index contributed by atoms with van der Waals surface area (Å²) < 4.78 is 11.2. The van der Waals surface area contributed by atoms with E-state index in [-0.39, 0.29) is 12.7 Å². The van der Waals surface area contributed by atoms with Gasteiger partial charge in [-0.2, -0.15) is 0 Å². The van der Waals surface area contributed by atoms with E-state index in [2.05, 4.69) is 10.7 Å². The Bertz CT molecular complexity index is 1410. The first kappa shape index (κ1) is 25.4. The monoisotopic (exact) mass is 510 g/mol. The molecule has 4 aromatic rings. The van der Waals surface area contributed by atoms with Gasteiger partial charge in [-0.25, -0.2) is 20.2 Å². The average Bonchev–Trinajstić information content (AvgIpc) is 2.99. The van der Waals surface area contributed by atoms with Crippen molar-refractivity contribution in [2.45, 2.75) is 25.6 Å². The Morgan fingerprint density at radius 1 is 0.947 bits per heavy atom. The predicted molar refractivity (Wildman–Crippen MR) is 147 cm³/mol. The maximum absolute atomic E-state index is 14.4. The number of anilines is 1. The fourth-order valence-corrected chi connectivity index (χ4v) is 4.69. The molecular weight excluding hydrogens is 480 g/mol. The van der Waals surface area contributed by atoms with Gasteiger partial charge in [0.2, 0.25) is 0 Å². The fraction of sp³-hybridized carbons (Fsp3) is 0.233. The molecule has 8 nitrogen and oxygen atoms in total. The van der Waals surface area contributed by atoms with Crippen LogP contribution in [0.3, 0.4) is 0 Å². The molecule has 0 atom stereocenters. The molecule has 0 saturated carbocycles. The first-order chi connectivity index (χ1) is 18.7. The second kappa shape index (κ2) is 11.9. The minimum Gasteiger partial charge on any atom is -0.452 e. The predicted octanol–water partition coefficient (Wildman–Crippen LogP) is 5.09. The summed E-state index contributed by atoms with van der Waals surface area (Å²) in [4.78, 5) is 31.7. The zero-order chi connectivity index (χ0) is 26.3. The molecule has 2 heterocycles. The van der Waals surface area contributed by atoms with Crippen molar-refractivity contribution in [2.75, 3.05) is 25.2 Å². The van der Waals surface area contributed by atoms with E-state index in [9.17, 15) is 9.59 Å². The van der Waals surface area contributed by atoms with E-state index in [1.807, 2.05) is 60.7 Å². The van der Waals surface area contributed by atoms with Crippen LogP contribution in [-0.2, 0) is 16.1 Å². The molecule has 1 aliphatic rings. The molecule has 1 aromatic heterocycles. The van der Waals surface area contributed by atoms with Crippen LogP contribution in [0.15, 0.2) is 84.9 Å². The number of amides is 2. The van der Waals surface area contributed by atoms with E-state index >= 15 is 0 Å². The van der Waals surface area contributed by atoms with Crippen LogP contribution in [0.4, 0.5) is 10.5 Å². The number of hydrogen-bond acceptors (Lipinski definition) is 6. The van der Waals surface area contributed by atoms with Gasteiger partial charge in [0, 0.05) is 16.5 Å². The van der Waals surface area contributed by atoms with E-state index in [0.29, 0.717) is 33.4 Å². The second-order valence-electron chi connectivity index (χ2n) is 9.04.